The molecule has 8 heavy (non-hydrogen) atoms. The van der Waals surface area contributed by atoms with Crippen molar-refractivity contribution in [2.75, 3.05) is 13.2 Å². The molecule has 0 saturated carbocycles. The van der Waals surface area contributed by atoms with Gasteiger partial charge >= 0.3 is 0 Å². The van der Waals surface area contributed by atoms with Crippen LogP contribution in [0.25, 0.3) is 0 Å². The third-order valence-electron chi connectivity index (χ3n) is 1.54. The predicted molar refractivity (Wildman–Crippen MR) is 31.7 cm³/mol. The Balaban J connectivity index is 2.13. The van der Waals surface area contributed by atoms with E-state index in [0.717, 1.165) is 13.0 Å². The Labute approximate surface area is 49.9 Å². The molecular formula is C6H12NO. The molecule has 2 heteroatoms. The first-order valence-corrected chi connectivity index (χ1v) is 3.21. The fourth-order valence-corrected chi connectivity index (χ4v) is 1.01. The summed E-state index contributed by atoms with van der Waals surface area (Å²) >= 11 is 0. The molecule has 0 bridgehead atoms. The molecule has 0 aromatic heterocycles. The monoisotopic (exact) mass is 114 g/mol. The van der Waals surface area contributed by atoms with Crippen molar-refractivity contribution in [1.82, 2.24) is 5.32 Å². The summed E-state index contributed by atoms with van der Waals surface area (Å²) in [6, 6.07) is 0.267. The number of piperidine rings is 1. The normalized spacial score (nSPS) is 30.4. The summed E-state index contributed by atoms with van der Waals surface area (Å²) < 4.78 is 0. The average Bonchev–Trinajstić information content (AvgIpc) is 1.90. The minimum absolute atomic E-state index is 0.250. The Morgan fingerprint density at radius 1 is 1.50 bits per heavy atom. The summed E-state index contributed by atoms with van der Waals surface area (Å²) in [5.41, 5.74) is 0. The quantitative estimate of drug-likeness (QED) is 0.517. The maximum atomic E-state index is 8.60. The van der Waals surface area contributed by atoms with Crippen LogP contribution in [0.2, 0.25) is 0 Å². The first kappa shape index (κ1) is 6.05. The fourth-order valence-electron chi connectivity index (χ4n) is 1.01. The summed E-state index contributed by atoms with van der Waals surface area (Å²) in [5.74, 6) is 0. The van der Waals surface area contributed by atoms with Gasteiger partial charge in [-0.15, -0.1) is 0 Å². The van der Waals surface area contributed by atoms with Crippen molar-refractivity contribution < 1.29 is 5.11 Å². The molecule has 0 aliphatic carbocycles. The van der Waals surface area contributed by atoms with E-state index in [1.165, 1.54) is 12.8 Å². The standard InChI is InChI=1S/C6H12NO/c8-5-6-3-1-2-4-7-6/h6,8H,1-5H2/t6-/m0/s1. The number of aliphatic hydroxyl groups is 1. The van der Waals surface area contributed by atoms with E-state index in [4.69, 9.17) is 5.11 Å². The molecule has 1 aliphatic rings. The van der Waals surface area contributed by atoms with Gasteiger partial charge in [0.1, 0.15) is 0 Å². The van der Waals surface area contributed by atoms with Crippen LogP contribution >= 0.6 is 0 Å². The van der Waals surface area contributed by atoms with Gasteiger partial charge in [0.05, 0.1) is 6.61 Å². The third-order valence-corrected chi connectivity index (χ3v) is 1.54. The van der Waals surface area contributed by atoms with Gasteiger partial charge in [-0.1, -0.05) is 6.42 Å². The van der Waals surface area contributed by atoms with Crippen LogP contribution in [-0.4, -0.2) is 24.3 Å². The lowest BCUT2D eigenvalue weighted by Gasteiger charge is -2.18. The van der Waals surface area contributed by atoms with Crippen molar-refractivity contribution >= 4 is 0 Å². The van der Waals surface area contributed by atoms with E-state index < -0.39 is 0 Å². The zero-order chi connectivity index (χ0) is 5.82. The lowest BCUT2D eigenvalue weighted by molar-refractivity contribution is 0.217. The number of rotatable bonds is 1. The Hall–Kier alpha value is -0.0800. The van der Waals surface area contributed by atoms with Gasteiger partial charge in [-0.3, -0.25) is 0 Å². The van der Waals surface area contributed by atoms with E-state index in [1.54, 1.807) is 0 Å². The molecule has 0 amide bonds. The second-order valence-corrected chi connectivity index (χ2v) is 2.24. The highest BCUT2D eigenvalue weighted by Gasteiger charge is 2.10. The lowest BCUT2D eigenvalue weighted by atomic mass is 10.1. The molecule has 1 aliphatic heterocycles. The minimum Gasteiger partial charge on any atom is -0.395 e. The molecule has 47 valence electrons. The minimum atomic E-state index is 0.250. The van der Waals surface area contributed by atoms with Gasteiger partial charge in [0, 0.05) is 12.6 Å². The van der Waals surface area contributed by atoms with Gasteiger partial charge in [-0.05, 0) is 12.8 Å². The highest BCUT2D eigenvalue weighted by atomic mass is 16.3. The van der Waals surface area contributed by atoms with Crippen LogP contribution in [0.15, 0.2) is 0 Å². The molecule has 1 saturated heterocycles. The van der Waals surface area contributed by atoms with E-state index in [-0.39, 0.29) is 12.6 Å². The summed E-state index contributed by atoms with van der Waals surface area (Å²) in [6.45, 7) is 1.21. The zero-order valence-corrected chi connectivity index (χ0v) is 5.01. The van der Waals surface area contributed by atoms with Gasteiger partial charge in [0.15, 0.2) is 0 Å². The molecule has 1 radical (unpaired) electrons. The Bertz CT molecular complexity index is 59.5. The fraction of sp³-hybridized carbons (Fsp3) is 1.00. The van der Waals surface area contributed by atoms with Crippen molar-refractivity contribution in [3.8, 4) is 0 Å². The summed E-state index contributed by atoms with van der Waals surface area (Å²) in [7, 11) is 0. The third kappa shape index (κ3) is 1.46. The zero-order valence-electron chi connectivity index (χ0n) is 5.01. The number of hydrogen-bond acceptors (Lipinski definition) is 1. The molecule has 0 spiro atoms. The van der Waals surface area contributed by atoms with Crippen LogP contribution in [0.1, 0.15) is 19.3 Å². The molecule has 1 atom stereocenters. The second-order valence-electron chi connectivity index (χ2n) is 2.24. The molecule has 1 N–H and O–H groups in total. The second kappa shape index (κ2) is 3.05. The predicted octanol–water partition coefficient (Wildman–Crippen LogP) is 0.136. The van der Waals surface area contributed by atoms with E-state index in [2.05, 4.69) is 5.32 Å². The number of nitrogens with zero attached hydrogens (tertiary/aromatic N) is 1. The molecule has 1 heterocycles. The van der Waals surface area contributed by atoms with Crippen molar-refractivity contribution in [2.45, 2.75) is 25.3 Å². The molecule has 0 unspecified atom stereocenters. The van der Waals surface area contributed by atoms with E-state index >= 15 is 0 Å². The van der Waals surface area contributed by atoms with Crippen LogP contribution in [0.5, 0.6) is 0 Å². The molecule has 1 rings (SSSR count). The average molecular weight is 114 g/mol. The first-order chi connectivity index (χ1) is 3.93. The van der Waals surface area contributed by atoms with Gasteiger partial charge in [-0.25, -0.2) is 5.32 Å². The van der Waals surface area contributed by atoms with E-state index in [0.29, 0.717) is 0 Å². The first-order valence-electron chi connectivity index (χ1n) is 3.21. The molecule has 1 fully saturated rings. The van der Waals surface area contributed by atoms with E-state index in [9.17, 15) is 0 Å². The molecule has 2 nitrogen and oxygen atoms in total. The topological polar surface area (TPSA) is 34.3 Å². The molecular weight excluding hydrogens is 102 g/mol. The van der Waals surface area contributed by atoms with E-state index in [1.807, 2.05) is 0 Å². The highest BCUT2D eigenvalue weighted by Crippen LogP contribution is 2.06. The van der Waals surface area contributed by atoms with Gasteiger partial charge in [0.2, 0.25) is 0 Å². The van der Waals surface area contributed by atoms with Crippen LogP contribution in [-0.2, 0) is 0 Å². The Kier molecular flexibility index (Phi) is 2.30. The van der Waals surface area contributed by atoms with Crippen molar-refractivity contribution in [3.05, 3.63) is 0 Å². The summed E-state index contributed by atoms with van der Waals surface area (Å²) in [6.07, 6.45) is 3.56. The van der Waals surface area contributed by atoms with Crippen molar-refractivity contribution in [2.24, 2.45) is 0 Å². The summed E-state index contributed by atoms with van der Waals surface area (Å²) in [5, 5.41) is 12.8. The van der Waals surface area contributed by atoms with Crippen LogP contribution < -0.4 is 5.32 Å². The highest BCUT2D eigenvalue weighted by molar-refractivity contribution is 4.69. The van der Waals surface area contributed by atoms with Gasteiger partial charge in [-0.2, -0.15) is 0 Å². The molecule has 0 aromatic carbocycles. The van der Waals surface area contributed by atoms with Gasteiger partial charge < -0.3 is 5.11 Å². The Morgan fingerprint density at radius 2 is 2.38 bits per heavy atom. The van der Waals surface area contributed by atoms with Crippen molar-refractivity contribution in [1.29, 1.82) is 0 Å². The Morgan fingerprint density at radius 3 is 2.75 bits per heavy atom. The maximum absolute atomic E-state index is 8.60. The van der Waals surface area contributed by atoms with Crippen LogP contribution in [0.4, 0.5) is 0 Å². The van der Waals surface area contributed by atoms with Gasteiger partial charge in [0.25, 0.3) is 0 Å². The van der Waals surface area contributed by atoms with Crippen LogP contribution in [0.3, 0.4) is 0 Å². The maximum Gasteiger partial charge on any atom is 0.0600 e. The van der Waals surface area contributed by atoms with Crippen LogP contribution in [0, 0.1) is 0 Å². The number of hydrogen-bond donors (Lipinski definition) is 1. The largest absolute Gasteiger partial charge is 0.395 e. The molecule has 0 aromatic rings. The summed E-state index contributed by atoms with van der Waals surface area (Å²) in [4.78, 5) is 0. The number of aliphatic hydroxyl groups excluding tert-OH is 1. The smallest absolute Gasteiger partial charge is 0.0600 e. The SMILES string of the molecule is OC[C@@H]1CCCC[N]1. The van der Waals surface area contributed by atoms with Crippen molar-refractivity contribution in [3.63, 3.8) is 0 Å². The lowest BCUT2D eigenvalue weighted by Crippen LogP contribution is -2.30.